The molecule has 0 aliphatic rings. The van der Waals surface area contributed by atoms with E-state index >= 15 is 0 Å². The Morgan fingerprint density at radius 3 is 2.39 bits per heavy atom. The smallest absolute Gasteiger partial charge is 0.271 e. The van der Waals surface area contributed by atoms with Gasteiger partial charge in [0.15, 0.2) is 0 Å². The van der Waals surface area contributed by atoms with Gasteiger partial charge in [0.25, 0.3) is 5.91 Å². The second kappa shape index (κ2) is 10.6. The largest absolute Gasteiger partial charge is 0.497 e. The normalized spacial score (nSPS) is 11.0. The molecular weight excluding hydrogens is 548 g/mol. The minimum absolute atomic E-state index is 0.304. The average molecular weight is 568 g/mol. The van der Waals surface area contributed by atoms with E-state index in [1.165, 1.54) is 10.8 Å². The number of methoxy groups -OCH3 is 1. The molecule has 0 bridgehead atoms. The van der Waals surface area contributed by atoms with Crippen LogP contribution in [0.2, 0.25) is 0 Å². The summed E-state index contributed by atoms with van der Waals surface area (Å²) in [6.07, 6.45) is 1.57. The highest BCUT2D eigenvalue weighted by Gasteiger charge is 2.10. The summed E-state index contributed by atoms with van der Waals surface area (Å²) in [5.41, 5.74) is 4.93. The predicted octanol–water partition coefficient (Wildman–Crippen LogP) is 6.72. The van der Waals surface area contributed by atoms with Gasteiger partial charge < -0.3 is 9.47 Å². The summed E-state index contributed by atoms with van der Waals surface area (Å²) in [6, 6.07) is 25.0. The summed E-state index contributed by atoms with van der Waals surface area (Å²) in [5, 5.41) is 6.41. The maximum absolute atomic E-state index is 12.2. The van der Waals surface area contributed by atoms with E-state index in [2.05, 4.69) is 66.7 Å². The molecule has 4 rings (SSSR count). The lowest BCUT2D eigenvalue weighted by Gasteiger charge is -2.13. The summed E-state index contributed by atoms with van der Waals surface area (Å²) in [7, 11) is 1.58. The van der Waals surface area contributed by atoms with Crippen LogP contribution >= 0.6 is 31.9 Å². The number of hydrogen-bond acceptors (Lipinski definition) is 4. The zero-order valence-corrected chi connectivity index (χ0v) is 20.9. The molecule has 1 amide bonds. The fourth-order valence-electron chi connectivity index (χ4n) is 3.33. The lowest BCUT2D eigenvalue weighted by Crippen LogP contribution is -2.17. The number of nitrogens with zero attached hydrogens (tertiary/aromatic N) is 1. The third-order valence-corrected chi connectivity index (χ3v) is 6.18. The number of hydrogen-bond donors (Lipinski definition) is 1. The third-order valence-electron chi connectivity index (χ3n) is 5.00. The van der Waals surface area contributed by atoms with Gasteiger partial charge in [-0.25, -0.2) is 5.43 Å². The second-order valence-corrected chi connectivity index (χ2v) is 8.88. The molecule has 0 atom stereocenters. The summed E-state index contributed by atoms with van der Waals surface area (Å²) >= 11 is 7.15. The molecule has 4 aromatic rings. The first-order valence-electron chi connectivity index (χ1n) is 10.1. The van der Waals surface area contributed by atoms with Crippen LogP contribution in [0, 0.1) is 0 Å². The highest BCUT2D eigenvalue weighted by atomic mass is 79.9. The van der Waals surface area contributed by atoms with E-state index in [1.54, 1.807) is 37.6 Å². The molecule has 166 valence electrons. The van der Waals surface area contributed by atoms with Crippen molar-refractivity contribution in [3.63, 3.8) is 0 Å². The first kappa shape index (κ1) is 23.0. The standard InChI is InChI=1S/C26H20Br2N2O3/c1-32-21-11-9-19(10-12-21)26(31)30-29-15-17-13-23(27)25(24(28)14-17)33-16-20-7-4-6-18-5-2-3-8-22(18)20/h2-15H,16H2,1H3,(H,30,31)/b29-15-. The van der Waals surface area contributed by atoms with E-state index in [1.807, 2.05) is 30.3 Å². The fraction of sp³-hybridized carbons (Fsp3) is 0.0769. The van der Waals surface area contributed by atoms with E-state index < -0.39 is 0 Å². The van der Waals surface area contributed by atoms with E-state index in [0.717, 1.165) is 20.1 Å². The number of benzene rings is 4. The van der Waals surface area contributed by atoms with Gasteiger partial charge in [0.2, 0.25) is 0 Å². The summed E-state index contributed by atoms with van der Waals surface area (Å²) in [6.45, 7) is 0.434. The number of hydrazone groups is 1. The predicted molar refractivity (Wildman–Crippen MR) is 138 cm³/mol. The lowest BCUT2D eigenvalue weighted by atomic mass is 10.1. The Bertz CT molecular complexity index is 1290. The van der Waals surface area contributed by atoms with Gasteiger partial charge in [0.05, 0.1) is 22.3 Å². The number of amides is 1. The number of ether oxygens (including phenoxy) is 2. The lowest BCUT2D eigenvalue weighted by molar-refractivity contribution is 0.0955. The summed E-state index contributed by atoms with van der Waals surface area (Å²) in [4.78, 5) is 12.2. The van der Waals surface area contributed by atoms with Crippen molar-refractivity contribution >= 4 is 54.8 Å². The topological polar surface area (TPSA) is 59.9 Å². The van der Waals surface area contributed by atoms with Crippen LogP contribution in [0.15, 0.2) is 92.9 Å². The van der Waals surface area contributed by atoms with Crippen molar-refractivity contribution in [1.82, 2.24) is 5.43 Å². The molecule has 0 spiro atoms. The molecule has 0 radical (unpaired) electrons. The van der Waals surface area contributed by atoms with Gasteiger partial charge in [-0.05, 0) is 90.2 Å². The fourth-order valence-corrected chi connectivity index (χ4v) is 4.78. The zero-order valence-electron chi connectivity index (χ0n) is 17.7. The van der Waals surface area contributed by atoms with Crippen LogP contribution in [0.4, 0.5) is 0 Å². The Kier molecular flexibility index (Phi) is 7.42. The monoisotopic (exact) mass is 566 g/mol. The number of nitrogens with one attached hydrogen (secondary N) is 1. The van der Waals surface area contributed by atoms with Crippen molar-refractivity contribution in [3.8, 4) is 11.5 Å². The number of carbonyl (C=O) groups excluding carboxylic acids is 1. The van der Waals surface area contributed by atoms with Gasteiger partial charge >= 0.3 is 0 Å². The van der Waals surface area contributed by atoms with Crippen LogP contribution in [0.25, 0.3) is 10.8 Å². The van der Waals surface area contributed by atoms with Crippen LogP contribution < -0.4 is 14.9 Å². The van der Waals surface area contributed by atoms with E-state index in [4.69, 9.17) is 9.47 Å². The highest BCUT2D eigenvalue weighted by molar-refractivity contribution is 9.11. The minimum Gasteiger partial charge on any atom is -0.497 e. The Balaban J connectivity index is 1.42. The van der Waals surface area contributed by atoms with Gasteiger partial charge in [-0.1, -0.05) is 42.5 Å². The molecule has 0 aliphatic heterocycles. The van der Waals surface area contributed by atoms with Crippen molar-refractivity contribution in [1.29, 1.82) is 0 Å². The SMILES string of the molecule is COc1ccc(C(=O)N/N=C\c2cc(Br)c(OCc3cccc4ccccc34)c(Br)c2)cc1. The Morgan fingerprint density at radius 2 is 1.67 bits per heavy atom. The molecule has 0 fully saturated rings. The molecule has 33 heavy (non-hydrogen) atoms. The van der Waals surface area contributed by atoms with Crippen LogP contribution in [0.3, 0.4) is 0 Å². The van der Waals surface area contributed by atoms with Crippen molar-refractivity contribution in [2.24, 2.45) is 5.10 Å². The molecule has 0 aromatic heterocycles. The number of carbonyl (C=O) groups is 1. The number of halogens is 2. The van der Waals surface area contributed by atoms with E-state index in [-0.39, 0.29) is 5.91 Å². The molecule has 0 heterocycles. The molecule has 0 saturated carbocycles. The average Bonchev–Trinajstić information content (AvgIpc) is 2.83. The Hall–Kier alpha value is -3.16. The molecule has 0 aliphatic carbocycles. The quantitative estimate of drug-likeness (QED) is 0.199. The Labute approximate surface area is 208 Å². The van der Waals surface area contributed by atoms with Crippen LogP contribution in [-0.4, -0.2) is 19.2 Å². The molecule has 5 nitrogen and oxygen atoms in total. The summed E-state index contributed by atoms with van der Waals surface area (Å²) in [5.74, 6) is 1.08. The first-order valence-corrected chi connectivity index (χ1v) is 11.7. The van der Waals surface area contributed by atoms with Gasteiger partial charge in [-0.15, -0.1) is 0 Å². The zero-order chi connectivity index (χ0) is 23.2. The van der Waals surface area contributed by atoms with Crippen molar-refractivity contribution in [2.75, 3.05) is 7.11 Å². The van der Waals surface area contributed by atoms with E-state index in [9.17, 15) is 4.79 Å². The van der Waals surface area contributed by atoms with E-state index in [0.29, 0.717) is 23.7 Å². The van der Waals surface area contributed by atoms with Crippen LogP contribution in [0.5, 0.6) is 11.5 Å². The second-order valence-electron chi connectivity index (χ2n) is 7.17. The van der Waals surface area contributed by atoms with Crippen molar-refractivity contribution in [3.05, 3.63) is 104 Å². The minimum atomic E-state index is -0.304. The van der Waals surface area contributed by atoms with Crippen LogP contribution in [-0.2, 0) is 6.61 Å². The Morgan fingerprint density at radius 1 is 0.970 bits per heavy atom. The van der Waals surface area contributed by atoms with Crippen LogP contribution in [0.1, 0.15) is 21.5 Å². The molecule has 0 unspecified atom stereocenters. The molecular formula is C26H20Br2N2O3. The first-order chi connectivity index (χ1) is 16.0. The van der Waals surface area contributed by atoms with Gasteiger partial charge in [0, 0.05) is 5.56 Å². The van der Waals surface area contributed by atoms with Crippen molar-refractivity contribution < 1.29 is 14.3 Å². The highest BCUT2D eigenvalue weighted by Crippen LogP contribution is 2.35. The molecule has 4 aromatic carbocycles. The maximum atomic E-state index is 12.2. The number of rotatable bonds is 7. The summed E-state index contributed by atoms with van der Waals surface area (Å²) < 4.78 is 12.8. The van der Waals surface area contributed by atoms with Gasteiger partial charge in [-0.2, -0.15) is 5.10 Å². The van der Waals surface area contributed by atoms with Gasteiger partial charge in [0.1, 0.15) is 18.1 Å². The molecule has 1 N–H and O–H groups in total. The molecule has 0 saturated heterocycles. The van der Waals surface area contributed by atoms with Gasteiger partial charge in [-0.3, -0.25) is 4.79 Å². The third kappa shape index (κ3) is 5.61. The number of fused-ring (bicyclic) bond motifs is 1. The maximum Gasteiger partial charge on any atom is 0.271 e. The molecule has 7 heteroatoms. The van der Waals surface area contributed by atoms with Crippen molar-refractivity contribution in [2.45, 2.75) is 6.61 Å².